The lowest BCUT2D eigenvalue weighted by molar-refractivity contribution is 0.0513. The Morgan fingerprint density at radius 2 is 2.09 bits per heavy atom. The Morgan fingerprint density at radius 1 is 1.36 bits per heavy atom. The third-order valence-corrected chi connectivity index (χ3v) is 3.25. The van der Waals surface area contributed by atoms with Gasteiger partial charge in [-0.15, -0.1) is 0 Å². The lowest BCUT2D eigenvalue weighted by Gasteiger charge is -2.03. The minimum atomic E-state index is -0.508. The largest absolute Gasteiger partial charge is 0.461 e. The van der Waals surface area contributed by atoms with Gasteiger partial charge in [0.15, 0.2) is 5.69 Å². The molecule has 2 rings (SSSR count). The van der Waals surface area contributed by atoms with E-state index >= 15 is 0 Å². The molecule has 2 aromatic rings. The monoisotopic (exact) mass is 305 g/mol. The normalized spacial score (nSPS) is 10.5. The van der Waals surface area contributed by atoms with Crippen molar-refractivity contribution in [3.8, 4) is 0 Å². The Hall–Kier alpha value is -2.64. The second kappa shape index (κ2) is 6.42. The summed E-state index contributed by atoms with van der Waals surface area (Å²) >= 11 is 0. The van der Waals surface area contributed by atoms with E-state index in [0.717, 1.165) is 12.2 Å². The summed E-state index contributed by atoms with van der Waals surface area (Å²) in [5, 5.41) is 10.9. The fraction of sp³-hybridized carbons (Fsp3) is 0.429. The molecule has 0 atom stereocenters. The molecule has 0 bridgehead atoms. The molecule has 8 heteroatoms. The number of rotatable bonds is 5. The van der Waals surface area contributed by atoms with Crippen LogP contribution in [0.4, 0.5) is 5.69 Å². The number of hydrogen-bond donors (Lipinski definition) is 1. The van der Waals surface area contributed by atoms with Crippen LogP contribution in [0, 0.1) is 6.92 Å². The number of nitrogens with zero attached hydrogens (tertiary/aromatic N) is 4. The fourth-order valence-corrected chi connectivity index (χ4v) is 2.05. The minimum absolute atomic E-state index is 0.147. The molecule has 0 aromatic carbocycles. The summed E-state index contributed by atoms with van der Waals surface area (Å²) in [5.74, 6) is -0.906. The molecular weight excluding hydrogens is 286 g/mol. The van der Waals surface area contributed by atoms with Crippen molar-refractivity contribution in [3.63, 3.8) is 0 Å². The number of aromatic nitrogens is 4. The smallest absolute Gasteiger partial charge is 0.356 e. The molecule has 0 aliphatic rings. The number of amides is 1. The summed E-state index contributed by atoms with van der Waals surface area (Å²) in [7, 11) is 1.59. The highest BCUT2D eigenvalue weighted by Gasteiger charge is 2.19. The van der Waals surface area contributed by atoms with Gasteiger partial charge in [0.05, 0.1) is 24.2 Å². The highest BCUT2D eigenvalue weighted by atomic mass is 16.5. The number of aryl methyl sites for hydroxylation is 2. The van der Waals surface area contributed by atoms with Gasteiger partial charge in [0.25, 0.3) is 5.91 Å². The lowest BCUT2D eigenvalue weighted by Crippen LogP contribution is -2.13. The molecule has 2 heterocycles. The summed E-state index contributed by atoms with van der Waals surface area (Å²) in [5.41, 5.74) is 1.86. The molecule has 0 spiro atoms. The minimum Gasteiger partial charge on any atom is -0.461 e. The van der Waals surface area contributed by atoms with Gasteiger partial charge in [-0.05, 0) is 20.8 Å². The van der Waals surface area contributed by atoms with E-state index in [9.17, 15) is 9.59 Å². The zero-order valence-corrected chi connectivity index (χ0v) is 13.1. The Balaban J connectivity index is 2.18. The third kappa shape index (κ3) is 3.00. The molecule has 0 aliphatic heterocycles. The topological polar surface area (TPSA) is 91.0 Å². The van der Waals surface area contributed by atoms with Crippen molar-refractivity contribution < 1.29 is 14.3 Å². The van der Waals surface area contributed by atoms with Crippen LogP contribution in [0.1, 0.15) is 40.5 Å². The molecule has 0 radical (unpaired) electrons. The van der Waals surface area contributed by atoms with Gasteiger partial charge >= 0.3 is 5.97 Å². The molecule has 22 heavy (non-hydrogen) atoms. The number of carbonyl (C=O) groups excluding carboxylic acids is 2. The van der Waals surface area contributed by atoms with E-state index in [4.69, 9.17) is 4.74 Å². The second-order valence-electron chi connectivity index (χ2n) is 4.67. The van der Waals surface area contributed by atoms with Crippen LogP contribution in [0.5, 0.6) is 0 Å². The predicted molar refractivity (Wildman–Crippen MR) is 79.8 cm³/mol. The maximum Gasteiger partial charge on any atom is 0.356 e. The highest BCUT2D eigenvalue weighted by molar-refractivity contribution is 6.04. The van der Waals surface area contributed by atoms with Crippen LogP contribution in [0.25, 0.3) is 0 Å². The van der Waals surface area contributed by atoms with Crippen LogP contribution in [-0.4, -0.2) is 38.0 Å². The third-order valence-electron chi connectivity index (χ3n) is 3.25. The van der Waals surface area contributed by atoms with Crippen LogP contribution in [0.2, 0.25) is 0 Å². The fourth-order valence-electron chi connectivity index (χ4n) is 2.05. The van der Waals surface area contributed by atoms with Crippen LogP contribution in [0.15, 0.2) is 12.3 Å². The first-order chi connectivity index (χ1) is 10.5. The van der Waals surface area contributed by atoms with E-state index in [1.807, 2.05) is 13.8 Å². The van der Waals surface area contributed by atoms with Crippen molar-refractivity contribution in [1.82, 2.24) is 19.6 Å². The molecule has 0 saturated heterocycles. The number of hydrogen-bond acceptors (Lipinski definition) is 5. The van der Waals surface area contributed by atoms with Crippen LogP contribution in [0.3, 0.4) is 0 Å². The standard InChI is InChI=1S/C14H19N5O3/c1-5-19-9(3)11(8-15-19)16-13(20)10-7-12(18(4)17-10)14(21)22-6-2/h7-8H,5-6H2,1-4H3,(H,16,20). The molecule has 0 aliphatic carbocycles. The molecule has 8 nitrogen and oxygen atoms in total. The summed E-state index contributed by atoms with van der Waals surface area (Å²) < 4.78 is 8.02. The van der Waals surface area contributed by atoms with Crippen molar-refractivity contribution in [3.05, 3.63) is 29.3 Å². The average molecular weight is 305 g/mol. The molecule has 1 N–H and O–H groups in total. The van der Waals surface area contributed by atoms with Crippen LogP contribution in [-0.2, 0) is 18.3 Å². The summed E-state index contributed by atoms with van der Waals surface area (Å²) in [6, 6.07) is 1.41. The second-order valence-corrected chi connectivity index (χ2v) is 4.67. The Kier molecular flexibility index (Phi) is 4.59. The highest BCUT2D eigenvalue weighted by Crippen LogP contribution is 2.15. The molecule has 118 valence electrons. The molecular formula is C14H19N5O3. The van der Waals surface area contributed by atoms with Gasteiger partial charge in [0, 0.05) is 19.7 Å². The summed E-state index contributed by atoms with van der Waals surface area (Å²) in [6.07, 6.45) is 1.59. The van der Waals surface area contributed by atoms with Gasteiger partial charge in [-0.2, -0.15) is 10.2 Å². The number of carbonyl (C=O) groups is 2. The van der Waals surface area contributed by atoms with E-state index in [2.05, 4.69) is 15.5 Å². The predicted octanol–water partition coefficient (Wildman–Crippen LogP) is 1.37. The van der Waals surface area contributed by atoms with Gasteiger partial charge in [0.1, 0.15) is 5.69 Å². The van der Waals surface area contributed by atoms with Crippen molar-refractivity contribution in [2.24, 2.45) is 7.05 Å². The Labute approximate surface area is 128 Å². The van der Waals surface area contributed by atoms with E-state index in [1.165, 1.54) is 10.7 Å². The molecule has 0 unspecified atom stereocenters. The van der Waals surface area contributed by atoms with Gasteiger partial charge < -0.3 is 10.1 Å². The molecule has 0 saturated carbocycles. The quantitative estimate of drug-likeness (QED) is 0.843. The van der Waals surface area contributed by atoms with Crippen molar-refractivity contribution in [2.45, 2.75) is 27.3 Å². The maximum absolute atomic E-state index is 12.2. The zero-order chi connectivity index (χ0) is 16.3. The van der Waals surface area contributed by atoms with Gasteiger partial charge in [-0.1, -0.05) is 0 Å². The van der Waals surface area contributed by atoms with E-state index < -0.39 is 11.9 Å². The van der Waals surface area contributed by atoms with E-state index in [1.54, 1.807) is 24.9 Å². The number of anilines is 1. The van der Waals surface area contributed by atoms with Gasteiger partial charge in [-0.3, -0.25) is 14.2 Å². The van der Waals surface area contributed by atoms with Crippen molar-refractivity contribution >= 4 is 17.6 Å². The Morgan fingerprint density at radius 3 is 2.68 bits per heavy atom. The molecule has 1 amide bonds. The Bertz CT molecular complexity index is 701. The summed E-state index contributed by atoms with van der Waals surface area (Å²) in [4.78, 5) is 24.0. The van der Waals surface area contributed by atoms with E-state index in [-0.39, 0.29) is 18.0 Å². The van der Waals surface area contributed by atoms with Gasteiger partial charge in [0.2, 0.25) is 0 Å². The molecule has 0 fully saturated rings. The molecule has 2 aromatic heterocycles. The first-order valence-corrected chi connectivity index (χ1v) is 7.02. The first-order valence-electron chi connectivity index (χ1n) is 7.02. The van der Waals surface area contributed by atoms with Crippen LogP contribution >= 0.6 is 0 Å². The summed E-state index contributed by atoms with van der Waals surface area (Å²) in [6.45, 7) is 6.54. The van der Waals surface area contributed by atoms with Crippen molar-refractivity contribution in [1.29, 1.82) is 0 Å². The number of esters is 1. The first kappa shape index (κ1) is 15.7. The van der Waals surface area contributed by atoms with Crippen LogP contribution < -0.4 is 5.32 Å². The van der Waals surface area contributed by atoms with E-state index in [0.29, 0.717) is 5.69 Å². The lowest BCUT2D eigenvalue weighted by atomic mass is 10.3. The average Bonchev–Trinajstić information content (AvgIpc) is 3.03. The number of ether oxygens (including phenoxy) is 1. The number of nitrogens with one attached hydrogen (secondary N) is 1. The SMILES string of the molecule is CCOC(=O)c1cc(C(=O)Nc2cnn(CC)c2C)nn1C. The zero-order valence-electron chi connectivity index (χ0n) is 13.1. The van der Waals surface area contributed by atoms with Crippen molar-refractivity contribution in [2.75, 3.05) is 11.9 Å². The maximum atomic E-state index is 12.2. The van der Waals surface area contributed by atoms with Gasteiger partial charge in [-0.25, -0.2) is 4.79 Å².